The Bertz CT molecular complexity index is 604. The molecule has 0 spiro atoms. The molecule has 0 amide bonds. The molecule has 1 saturated heterocycles. The van der Waals surface area contributed by atoms with Crippen molar-refractivity contribution in [3.05, 3.63) is 35.4 Å². The zero-order chi connectivity index (χ0) is 14.8. The number of nitrogens with zero attached hydrogens (tertiary/aromatic N) is 2. The van der Waals surface area contributed by atoms with Crippen LogP contribution in [0.15, 0.2) is 24.3 Å². The monoisotopic (exact) mass is 293 g/mol. The highest BCUT2D eigenvalue weighted by Gasteiger charge is 2.32. The second-order valence-corrected chi connectivity index (χ2v) is 7.21. The summed E-state index contributed by atoms with van der Waals surface area (Å²) in [4.78, 5) is 0. The van der Waals surface area contributed by atoms with Crippen molar-refractivity contribution in [2.75, 3.05) is 13.1 Å². The molecule has 2 unspecified atom stereocenters. The lowest BCUT2D eigenvalue weighted by Gasteiger charge is -2.36. The molecule has 0 aromatic heterocycles. The molecule has 0 saturated carbocycles. The van der Waals surface area contributed by atoms with Gasteiger partial charge in [-0.1, -0.05) is 12.1 Å². The molecule has 1 fully saturated rings. The Hall–Kier alpha value is -1.42. The van der Waals surface area contributed by atoms with Crippen LogP contribution in [0.2, 0.25) is 0 Å². The first-order chi connectivity index (χ1) is 9.42. The van der Waals surface area contributed by atoms with Crippen molar-refractivity contribution in [3.63, 3.8) is 0 Å². The van der Waals surface area contributed by atoms with E-state index in [2.05, 4.69) is 5.32 Å². The average Bonchev–Trinajstić information content (AvgIpc) is 2.42. The largest absolute Gasteiger partial charge is 0.311 e. The van der Waals surface area contributed by atoms with Crippen LogP contribution in [0.25, 0.3) is 0 Å². The number of hydrogen-bond donors (Lipinski definition) is 1. The highest BCUT2D eigenvalue weighted by Crippen LogP contribution is 2.17. The Morgan fingerprint density at radius 2 is 2.00 bits per heavy atom. The van der Waals surface area contributed by atoms with Crippen LogP contribution in [0.3, 0.4) is 0 Å². The fourth-order valence-electron chi connectivity index (χ4n) is 2.34. The van der Waals surface area contributed by atoms with Crippen LogP contribution in [0, 0.1) is 11.3 Å². The van der Waals surface area contributed by atoms with E-state index in [9.17, 15) is 8.42 Å². The molecule has 2 rings (SSSR count). The number of nitriles is 1. The van der Waals surface area contributed by atoms with Gasteiger partial charge in [-0.15, -0.1) is 0 Å². The van der Waals surface area contributed by atoms with Gasteiger partial charge >= 0.3 is 0 Å². The van der Waals surface area contributed by atoms with Crippen molar-refractivity contribution < 1.29 is 8.42 Å². The predicted molar refractivity (Wildman–Crippen MR) is 77.4 cm³/mol. The summed E-state index contributed by atoms with van der Waals surface area (Å²) in [6, 6.07) is 8.86. The molecule has 1 aromatic rings. The molecule has 1 aliphatic heterocycles. The molecule has 1 N–H and O–H groups in total. The van der Waals surface area contributed by atoms with Gasteiger partial charge in [-0.25, -0.2) is 8.42 Å². The molecule has 0 radical (unpaired) electrons. The summed E-state index contributed by atoms with van der Waals surface area (Å²) in [5, 5.41) is 12.0. The van der Waals surface area contributed by atoms with Crippen LogP contribution in [-0.4, -0.2) is 37.9 Å². The molecular formula is C14H19N3O2S. The molecule has 1 heterocycles. The van der Waals surface area contributed by atoms with Gasteiger partial charge in [0.2, 0.25) is 10.0 Å². The van der Waals surface area contributed by atoms with Crippen LogP contribution < -0.4 is 5.32 Å². The molecule has 0 aliphatic carbocycles. The van der Waals surface area contributed by atoms with Crippen LogP contribution in [-0.2, 0) is 15.8 Å². The molecule has 6 heteroatoms. The minimum absolute atomic E-state index is 0.0181. The van der Waals surface area contributed by atoms with E-state index in [0.717, 1.165) is 0 Å². The summed E-state index contributed by atoms with van der Waals surface area (Å²) in [6.45, 7) is 5.07. The summed E-state index contributed by atoms with van der Waals surface area (Å²) in [7, 11) is -3.33. The van der Waals surface area contributed by atoms with Crippen molar-refractivity contribution in [1.82, 2.24) is 9.62 Å². The lowest BCUT2D eigenvalue weighted by Crippen LogP contribution is -2.56. The lowest BCUT2D eigenvalue weighted by molar-refractivity contribution is 0.244. The first-order valence-corrected chi connectivity index (χ1v) is 8.25. The Kier molecular flexibility index (Phi) is 4.43. The third kappa shape index (κ3) is 3.37. The van der Waals surface area contributed by atoms with Gasteiger partial charge < -0.3 is 5.32 Å². The lowest BCUT2D eigenvalue weighted by atomic mass is 10.2. The number of benzene rings is 1. The minimum Gasteiger partial charge on any atom is -0.311 e. The topological polar surface area (TPSA) is 73.2 Å². The number of sulfonamides is 1. The quantitative estimate of drug-likeness (QED) is 0.905. The van der Waals surface area contributed by atoms with E-state index in [4.69, 9.17) is 5.26 Å². The van der Waals surface area contributed by atoms with Crippen LogP contribution in [0.5, 0.6) is 0 Å². The van der Waals surface area contributed by atoms with Gasteiger partial charge in [0, 0.05) is 25.2 Å². The zero-order valence-corrected chi connectivity index (χ0v) is 12.5. The summed E-state index contributed by atoms with van der Waals surface area (Å²) in [5.41, 5.74) is 1.25. The van der Waals surface area contributed by atoms with Crippen LogP contribution >= 0.6 is 0 Å². The van der Waals surface area contributed by atoms with E-state index in [0.29, 0.717) is 24.2 Å². The standard InChI is InChI=1S/C14H19N3O2S/c1-11-9-17(12(2)8-16-11)20(18,19)10-14-5-3-13(7-15)4-6-14/h3-6,11-12,16H,8-10H2,1-2H3. The van der Waals surface area contributed by atoms with Gasteiger partial charge in [0.15, 0.2) is 0 Å². The Balaban J connectivity index is 2.15. The van der Waals surface area contributed by atoms with Gasteiger partial charge in [0.05, 0.1) is 17.4 Å². The third-order valence-electron chi connectivity index (χ3n) is 3.50. The Morgan fingerprint density at radius 3 is 2.60 bits per heavy atom. The molecule has 2 atom stereocenters. The van der Waals surface area contributed by atoms with E-state index in [-0.39, 0.29) is 17.8 Å². The first-order valence-electron chi connectivity index (χ1n) is 6.64. The van der Waals surface area contributed by atoms with E-state index >= 15 is 0 Å². The average molecular weight is 293 g/mol. The first kappa shape index (κ1) is 15.0. The second-order valence-electron chi connectivity index (χ2n) is 5.29. The maximum absolute atomic E-state index is 12.5. The highest BCUT2D eigenvalue weighted by atomic mass is 32.2. The highest BCUT2D eigenvalue weighted by molar-refractivity contribution is 7.88. The molecular weight excluding hydrogens is 274 g/mol. The van der Waals surface area contributed by atoms with Crippen LogP contribution in [0.1, 0.15) is 25.0 Å². The Morgan fingerprint density at radius 1 is 1.35 bits per heavy atom. The summed E-state index contributed by atoms with van der Waals surface area (Å²) < 4.78 is 26.6. The number of hydrogen-bond acceptors (Lipinski definition) is 4. The van der Waals surface area contributed by atoms with E-state index in [1.54, 1.807) is 28.6 Å². The zero-order valence-electron chi connectivity index (χ0n) is 11.7. The van der Waals surface area contributed by atoms with Gasteiger partial charge in [0.1, 0.15) is 0 Å². The smallest absolute Gasteiger partial charge is 0.218 e. The molecule has 108 valence electrons. The van der Waals surface area contributed by atoms with Crippen LogP contribution in [0.4, 0.5) is 0 Å². The summed E-state index contributed by atoms with van der Waals surface area (Å²) in [5.74, 6) is -0.0181. The van der Waals surface area contributed by atoms with Gasteiger partial charge in [-0.05, 0) is 31.5 Å². The van der Waals surface area contributed by atoms with E-state index < -0.39 is 10.0 Å². The normalized spacial score (nSPS) is 24.2. The predicted octanol–water partition coefficient (Wildman–Crippen LogP) is 1.07. The number of piperazine rings is 1. The number of nitrogens with one attached hydrogen (secondary N) is 1. The van der Waals surface area contributed by atoms with E-state index in [1.807, 2.05) is 19.9 Å². The second kappa shape index (κ2) is 5.92. The molecule has 1 aliphatic rings. The van der Waals surface area contributed by atoms with E-state index in [1.165, 1.54) is 0 Å². The number of rotatable bonds is 3. The third-order valence-corrected chi connectivity index (χ3v) is 5.42. The van der Waals surface area contributed by atoms with Crippen molar-refractivity contribution in [2.45, 2.75) is 31.7 Å². The van der Waals surface area contributed by atoms with Crippen molar-refractivity contribution in [1.29, 1.82) is 5.26 Å². The summed E-state index contributed by atoms with van der Waals surface area (Å²) >= 11 is 0. The SMILES string of the molecule is CC1CN(S(=O)(=O)Cc2ccc(C#N)cc2)C(C)CN1. The maximum Gasteiger partial charge on any atom is 0.218 e. The molecule has 20 heavy (non-hydrogen) atoms. The molecule has 1 aromatic carbocycles. The summed E-state index contributed by atoms with van der Waals surface area (Å²) in [6.07, 6.45) is 0. The molecule has 5 nitrogen and oxygen atoms in total. The Labute approximate surface area is 120 Å². The van der Waals surface area contributed by atoms with Gasteiger partial charge in [-0.3, -0.25) is 0 Å². The maximum atomic E-state index is 12.5. The van der Waals surface area contributed by atoms with Crippen molar-refractivity contribution in [3.8, 4) is 6.07 Å². The fourth-order valence-corrected chi connectivity index (χ4v) is 4.20. The van der Waals surface area contributed by atoms with Gasteiger partial charge in [-0.2, -0.15) is 9.57 Å². The van der Waals surface area contributed by atoms with Crippen molar-refractivity contribution in [2.24, 2.45) is 0 Å². The molecule has 0 bridgehead atoms. The minimum atomic E-state index is -3.33. The fraction of sp³-hybridized carbons (Fsp3) is 0.500. The van der Waals surface area contributed by atoms with Crippen molar-refractivity contribution >= 4 is 10.0 Å². The van der Waals surface area contributed by atoms with Gasteiger partial charge in [0.25, 0.3) is 0 Å².